The van der Waals surface area contributed by atoms with Crippen LogP contribution in [0.15, 0.2) is 39.8 Å². The molecule has 0 atom stereocenters. The maximum absolute atomic E-state index is 12.6. The zero-order chi connectivity index (χ0) is 21.6. The Hall–Kier alpha value is -2.89. The maximum atomic E-state index is 12.6. The molecule has 0 aliphatic heterocycles. The van der Waals surface area contributed by atoms with Crippen LogP contribution in [-0.4, -0.2) is 64.1 Å². The Morgan fingerprint density at radius 3 is 2.55 bits per heavy atom. The molecule has 0 saturated carbocycles. The number of esters is 2. The molecule has 2 N–H and O–H groups in total. The Balaban J connectivity index is 2.31. The van der Waals surface area contributed by atoms with Gasteiger partial charge >= 0.3 is 11.9 Å². The molecule has 29 heavy (non-hydrogen) atoms. The van der Waals surface area contributed by atoms with Crippen molar-refractivity contribution in [3.8, 4) is 0 Å². The van der Waals surface area contributed by atoms with Crippen LogP contribution in [0.5, 0.6) is 0 Å². The number of hydrogen-bond donors (Lipinski definition) is 2. The molecule has 0 spiro atoms. The molecule has 0 aliphatic carbocycles. The largest absolute Gasteiger partial charge is 0.463 e. The van der Waals surface area contributed by atoms with Gasteiger partial charge in [-0.05, 0) is 24.3 Å². The fraction of sp³-hybridized carbons (Fsp3) is 0.333. The Kier molecular flexibility index (Phi) is 7.37. The van der Waals surface area contributed by atoms with Crippen LogP contribution >= 0.6 is 0 Å². The molecule has 0 unspecified atom stereocenters. The molecule has 0 aliphatic rings. The minimum Gasteiger partial charge on any atom is -0.463 e. The molecule has 0 radical (unpaired) electrons. The van der Waals surface area contributed by atoms with E-state index in [1.165, 1.54) is 51.7 Å². The number of carbonyl (C=O) groups is 2. The Morgan fingerprint density at radius 2 is 1.93 bits per heavy atom. The second kappa shape index (κ2) is 9.54. The first kappa shape index (κ1) is 22.4. The van der Waals surface area contributed by atoms with E-state index in [-0.39, 0.29) is 36.0 Å². The minimum atomic E-state index is -3.78. The molecule has 10 nitrogen and oxygen atoms in total. The highest BCUT2D eigenvalue weighted by atomic mass is 32.2. The van der Waals surface area contributed by atoms with Crippen LogP contribution in [0.1, 0.15) is 26.5 Å². The fourth-order valence-corrected chi connectivity index (χ4v) is 3.28. The van der Waals surface area contributed by atoms with E-state index >= 15 is 0 Å². The van der Waals surface area contributed by atoms with Gasteiger partial charge in [0.15, 0.2) is 0 Å². The minimum absolute atomic E-state index is 0.0375. The highest BCUT2D eigenvalue weighted by molar-refractivity contribution is 7.89. The normalized spacial score (nSPS) is 11.3. The second-order valence-electron chi connectivity index (χ2n) is 5.99. The number of nitrogens with zero attached hydrogens (tertiary/aromatic N) is 1. The Morgan fingerprint density at radius 1 is 1.21 bits per heavy atom. The van der Waals surface area contributed by atoms with Gasteiger partial charge in [0.25, 0.3) is 0 Å². The summed E-state index contributed by atoms with van der Waals surface area (Å²) in [5.74, 6) is -1.63. The standard InChI is InChI=1S/C18H22N2O8S/c1-20(2)29(24,25)13-4-5-15(19-7-8-21)14(10-13)17(22)28-11-12-6-9-27-16(12)18(23)26-3/h4-6,9-10,19,21H,7-8,11H2,1-3H3. The fourth-order valence-electron chi connectivity index (χ4n) is 2.35. The molecule has 2 rings (SSSR count). The molecule has 1 aromatic heterocycles. The molecule has 11 heteroatoms. The van der Waals surface area contributed by atoms with Crippen LogP contribution in [0.3, 0.4) is 0 Å². The van der Waals surface area contributed by atoms with Crippen molar-refractivity contribution in [2.45, 2.75) is 11.5 Å². The van der Waals surface area contributed by atoms with Crippen molar-refractivity contribution in [3.05, 3.63) is 47.4 Å². The molecule has 1 heterocycles. The SMILES string of the molecule is COC(=O)c1occc1COC(=O)c1cc(S(=O)(=O)N(C)C)ccc1NCCO. The summed E-state index contributed by atoms with van der Waals surface area (Å²) in [5.41, 5.74) is 0.554. The molecular formula is C18H22N2O8S. The number of hydrogen-bond acceptors (Lipinski definition) is 9. The Bertz CT molecular complexity index is 981. The van der Waals surface area contributed by atoms with Gasteiger partial charge in [-0.1, -0.05) is 0 Å². The van der Waals surface area contributed by atoms with Gasteiger partial charge in [-0.15, -0.1) is 0 Å². The highest BCUT2D eigenvalue weighted by Gasteiger charge is 2.23. The summed E-state index contributed by atoms with van der Waals surface area (Å²) in [7, 11) is 0.160. The summed E-state index contributed by atoms with van der Waals surface area (Å²) < 4.78 is 40.6. The zero-order valence-electron chi connectivity index (χ0n) is 16.2. The molecule has 1 aromatic carbocycles. The number of sulfonamides is 1. The van der Waals surface area contributed by atoms with Crippen LogP contribution in [0.2, 0.25) is 0 Å². The van der Waals surface area contributed by atoms with Crippen molar-refractivity contribution in [2.24, 2.45) is 0 Å². The number of nitrogens with one attached hydrogen (secondary N) is 1. The van der Waals surface area contributed by atoms with E-state index in [0.717, 1.165) is 4.31 Å². The van der Waals surface area contributed by atoms with Gasteiger partial charge in [-0.2, -0.15) is 0 Å². The lowest BCUT2D eigenvalue weighted by atomic mass is 10.1. The van der Waals surface area contributed by atoms with Gasteiger partial charge in [0.2, 0.25) is 15.8 Å². The summed E-state index contributed by atoms with van der Waals surface area (Å²) >= 11 is 0. The maximum Gasteiger partial charge on any atom is 0.374 e. The topological polar surface area (TPSA) is 135 Å². The molecule has 0 saturated heterocycles. The number of methoxy groups -OCH3 is 1. The summed E-state index contributed by atoms with van der Waals surface area (Å²) in [6, 6.07) is 5.41. The van der Waals surface area contributed by atoms with E-state index in [1.54, 1.807) is 0 Å². The lowest BCUT2D eigenvalue weighted by Crippen LogP contribution is -2.23. The second-order valence-corrected chi connectivity index (χ2v) is 8.14. The smallest absolute Gasteiger partial charge is 0.374 e. The lowest BCUT2D eigenvalue weighted by Gasteiger charge is -2.15. The quantitative estimate of drug-likeness (QED) is 0.565. The summed E-state index contributed by atoms with van der Waals surface area (Å²) in [5, 5.41) is 11.8. The van der Waals surface area contributed by atoms with Crippen LogP contribution in [0, 0.1) is 0 Å². The third-order valence-corrected chi connectivity index (χ3v) is 5.70. The van der Waals surface area contributed by atoms with Crippen LogP contribution < -0.4 is 5.32 Å². The van der Waals surface area contributed by atoms with Crippen LogP contribution in [0.25, 0.3) is 0 Å². The highest BCUT2D eigenvalue weighted by Crippen LogP contribution is 2.24. The first-order valence-corrected chi connectivity index (χ1v) is 9.89. The van der Waals surface area contributed by atoms with Gasteiger partial charge in [0, 0.05) is 31.9 Å². The average molecular weight is 426 g/mol. The number of benzene rings is 1. The summed E-state index contributed by atoms with van der Waals surface area (Å²) in [4.78, 5) is 24.2. The van der Waals surface area contributed by atoms with Crippen LogP contribution in [-0.2, 0) is 26.1 Å². The van der Waals surface area contributed by atoms with E-state index < -0.39 is 22.0 Å². The third-order valence-electron chi connectivity index (χ3n) is 3.89. The van der Waals surface area contributed by atoms with Crippen molar-refractivity contribution >= 4 is 27.6 Å². The monoisotopic (exact) mass is 426 g/mol. The van der Waals surface area contributed by atoms with E-state index in [9.17, 15) is 18.0 Å². The molecular weight excluding hydrogens is 404 g/mol. The first-order chi connectivity index (χ1) is 13.7. The van der Waals surface area contributed by atoms with E-state index in [2.05, 4.69) is 10.1 Å². The van der Waals surface area contributed by atoms with Crippen molar-refractivity contribution in [2.75, 3.05) is 39.7 Å². The van der Waals surface area contributed by atoms with Gasteiger partial charge in [-0.25, -0.2) is 22.3 Å². The summed E-state index contributed by atoms with van der Waals surface area (Å²) in [6.07, 6.45) is 1.26. The number of ether oxygens (including phenoxy) is 2. The van der Waals surface area contributed by atoms with Gasteiger partial charge in [0.1, 0.15) is 6.61 Å². The third kappa shape index (κ3) is 5.13. The van der Waals surface area contributed by atoms with Gasteiger partial charge in [-0.3, -0.25) is 0 Å². The van der Waals surface area contributed by atoms with Crippen molar-refractivity contribution in [3.63, 3.8) is 0 Å². The predicted molar refractivity (Wildman–Crippen MR) is 102 cm³/mol. The lowest BCUT2D eigenvalue weighted by molar-refractivity contribution is 0.0454. The first-order valence-electron chi connectivity index (χ1n) is 8.45. The number of aliphatic hydroxyl groups excluding tert-OH is 1. The molecule has 0 amide bonds. The van der Waals surface area contributed by atoms with Crippen molar-refractivity contribution in [1.29, 1.82) is 0 Å². The summed E-state index contributed by atoms with van der Waals surface area (Å²) in [6.45, 7) is -0.331. The Labute approximate surface area is 168 Å². The van der Waals surface area contributed by atoms with Crippen LogP contribution in [0.4, 0.5) is 5.69 Å². The average Bonchev–Trinajstić information content (AvgIpc) is 3.18. The van der Waals surface area contributed by atoms with Crippen molar-refractivity contribution < 1.29 is 37.0 Å². The molecule has 0 fully saturated rings. The molecule has 0 bridgehead atoms. The van der Waals surface area contributed by atoms with Gasteiger partial charge in [0.05, 0.1) is 30.4 Å². The number of rotatable bonds is 9. The number of carbonyl (C=O) groups excluding carboxylic acids is 2. The van der Waals surface area contributed by atoms with E-state index in [4.69, 9.17) is 14.3 Å². The number of furan rings is 1. The van der Waals surface area contributed by atoms with E-state index in [1.807, 2.05) is 0 Å². The predicted octanol–water partition coefficient (Wildman–Crippen LogP) is 1.08. The number of aliphatic hydroxyl groups is 1. The molecule has 158 valence electrons. The molecule has 2 aromatic rings. The number of anilines is 1. The van der Waals surface area contributed by atoms with Crippen molar-refractivity contribution in [1.82, 2.24) is 4.31 Å². The van der Waals surface area contributed by atoms with Gasteiger partial charge < -0.3 is 24.3 Å². The zero-order valence-corrected chi connectivity index (χ0v) is 17.0. The van der Waals surface area contributed by atoms with E-state index in [0.29, 0.717) is 11.3 Å².